The van der Waals surface area contributed by atoms with Gasteiger partial charge in [-0.05, 0) is 50.2 Å². The van der Waals surface area contributed by atoms with Gasteiger partial charge < -0.3 is 0 Å². The summed E-state index contributed by atoms with van der Waals surface area (Å²) in [7, 11) is 0. The van der Waals surface area contributed by atoms with Gasteiger partial charge in [0, 0.05) is 11.8 Å². The third-order valence-corrected chi connectivity index (χ3v) is 6.73. The van der Waals surface area contributed by atoms with E-state index in [1.807, 2.05) is 6.20 Å². The average Bonchev–Trinajstić information content (AvgIpc) is 3.09. The van der Waals surface area contributed by atoms with E-state index in [1.54, 1.807) is 0 Å². The number of rotatable bonds is 0. The van der Waals surface area contributed by atoms with Crippen molar-refractivity contribution in [2.45, 2.75) is 5.41 Å². The highest BCUT2D eigenvalue weighted by molar-refractivity contribution is 6.06. The monoisotopic (exact) mass is 367 g/mol. The molecule has 5 aromatic rings. The number of nitrogens with zero attached hydrogens (tertiary/aromatic N) is 1. The second kappa shape index (κ2) is 5.21. The van der Waals surface area contributed by atoms with Gasteiger partial charge in [0.05, 0.1) is 11.1 Å². The summed E-state index contributed by atoms with van der Waals surface area (Å²) in [6.45, 7) is 0. The number of benzene rings is 4. The maximum Gasteiger partial charge on any atom is 0.0756 e. The van der Waals surface area contributed by atoms with Crippen LogP contribution in [0.25, 0.3) is 33.2 Å². The first-order valence-corrected chi connectivity index (χ1v) is 10.1. The molecule has 1 heterocycles. The molecular weight excluding hydrogens is 350 g/mol. The summed E-state index contributed by atoms with van der Waals surface area (Å²) in [5, 5.41) is 2.60. The van der Waals surface area contributed by atoms with Crippen LogP contribution in [0, 0.1) is 0 Å². The summed E-state index contributed by atoms with van der Waals surface area (Å²) >= 11 is 0. The number of hydrogen-bond acceptors (Lipinski definition) is 1. The second-order valence-electron chi connectivity index (χ2n) is 7.95. The molecule has 1 aromatic heterocycles. The van der Waals surface area contributed by atoms with Gasteiger partial charge in [-0.25, -0.2) is 0 Å². The Morgan fingerprint density at radius 1 is 0.483 bits per heavy atom. The molecule has 4 aromatic carbocycles. The molecule has 0 aliphatic heterocycles. The Morgan fingerprint density at radius 3 is 1.83 bits per heavy atom. The van der Waals surface area contributed by atoms with Crippen LogP contribution >= 0.6 is 0 Å². The molecule has 1 heteroatoms. The van der Waals surface area contributed by atoms with Gasteiger partial charge in [0.15, 0.2) is 0 Å². The van der Waals surface area contributed by atoms with Crippen molar-refractivity contribution in [3.8, 4) is 22.4 Å². The van der Waals surface area contributed by atoms with Crippen molar-refractivity contribution in [3.05, 3.63) is 126 Å². The summed E-state index contributed by atoms with van der Waals surface area (Å²) in [4.78, 5) is 4.91. The molecule has 0 N–H and O–H groups in total. The zero-order chi connectivity index (χ0) is 19.0. The molecule has 2 aliphatic rings. The van der Waals surface area contributed by atoms with Crippen LogP contribution in [0.4, 0.5) is 0 Å². The maximum absolute atomic E-state index is 4.91. The van der Waals surface area contributed by atoms with Crippen LogP contribution < -0.4 is 0 Å². The third kappa shape index (κ3) is 1.66. The van der Waals surface area contributed by atoms with E-state index in [2.05, 4.69) is 97.1 Å². The van der Waals surface area contributed by atoms with E-state index >= 15 is 0 Å². The van der Waals surface area contributed by atoms with Crippen LogP contribution in [0.5, 0.6) is 0 Å². The van der Waals surface area contributed by atoms with Gasteiger partial charge in [-0.15, -0.1) is 0 Å². The van der Waals surface area contributed by atoms with E-state index in [-0.39, 0.29) is 5.41 Å². The summed E-state index contributed by atoms with van der Waals surface area (Å²) in [5.41, 5.74) is 10.0. The van der Waals surface area contributed by atoms with Gasteiger partial charge in [-0.2, -0.15) is 0 Å². The van der Waals surface area contributed by atoms with Crippen molar-refractivity contribution in [2.24, 2.45) is 0 Å². The molecular formula is C28H17N. The standard InChI is InChI=1S/C28H17N/c1-3-13-22-19(10-1)20-11-2-4-14-23(20)28(22)24-15-6-9-18-8-5-12-21(26(18)24)27-25(28)16-7-17-29-27/h1-17H. The highest BCUT2D eigenvalue weighted by Gasteiger charge is 2.50. The van der Waals surface area contributed by atoms with Crippen LogP contribution in [0.3, 0.4) is 0 Å². The van der Waals surface area contributed by atoms with Crippen molar-refractivity contribution in [2.75, 3.05) is 0 Å². The van der Waals surface area contributed by atoms with E-state index < -0.39 is 0 Å². The summed E-state index contributed by atoms with van der Waals surface area (Å²) in [6, 6.07) is 35.5. The first-order chi connectivity index (χ1) is 14.4. The van der Waals surface area contributed by atoms with E-state index in [4.69, 9.17) is 4.98 Å². The lowest BCUT2D eigenvalue weighted by atomic mass is 9.62. The molecule has 1 spiro atoms. The summed E-state index contributed by atoms with van der Waals surface area (Å²) in [6.07, 6.45) is 1.92. The Hall–Kier alpha value is -3.71. The van der Waals surface area contributed by atoms with Crippen molar-refractivity contribution >= 4 is 10.8 Å². The molecule has 134 valence electrons. The zero-order valence-corrected chi connectivity index (χ0v) is 15.8. The number of hydrogen-bond donors (Lipinski definition) is 0. The first kappa shape index (κ1) is 15.2. The Kier molecular flexibility index (Phi) is 2.74. The van der Waals surface area contributed by atoms with Gasteiger partial charge >= 0.3 is 0 Å². The molecule has 0 bridgehead atoms. The molecule has 0 saturated carbocycles. The lowest BCUT2D eigenvalue weighted by molar-refractivity contribution is 0.767. The van der Waals surface area contributed by atoms with Gasteiger partial charge in [-0.1, -0.05) is 91.0 Å². The molecule has 0 saturated heterocycles. The summed E-state index contributed by atoms with van der Waals surface area (Å²) < 4.78 is 0. The molecule has 0 unspecified atom stereocenters. The average molecular weight is 367 g/mol. The fraction of sp³-hybridized carbons (Fsp3) is 0.0357. The number of pyridine rings is 1. The molecule has 0 fully saturated rings. The van der Waals surface area contributed by atoms with Crippen LogP contribution in [0.15, 0.2) is 103 Å². The molecule has 0 atom stereocenters. The van der Waals surface area contributed by atoms with Crippen LogP contribution in [0.1, 0.15) is 22.3 Å². The fourth-order valence-electron chi connectivity index (χ4n) is 5.73. The highest BCUT2D eigenvalue weighted by Crippen LogP contribution is 2.61. The van der Waals surface area contributed by atoms with Crippen LogP contribution in [0.2, 0.25) is 0 Å². The lowest BCUT2D eigenvalue weighted by Crippen LogP contribution is -2.32. The fourth-order valence-corrected chi connectivity index (χ4v) is 5.73. The molecule has 7 rings (SSSR count). The zero-order valence-electron chi connectivity index (χ0n) is 15.8. The maximum atomic E-state index is 4.91. The smallest absolute Gasteiger partial charge is 0.0756 e. The summed E-state index contributed by atoms with van der Waals surface area (Å²) in [5.74, 6) is 0. The van der Waals surface area contributed by atoms with E-state index in [9.17, 15) is 0 Å². The van der Waals surface area contributed by atoms with Gasteiger partial charge in [0.25, 0.3) is 0 Å². The molecule has 2 aliphatic carbocycles. The molecule has 0 amide bonds. The van der Waals surface area contributed by atoms with E-state index in [0.29, 0.717) is 0 Å². The van der Waals surface area contributed by atoms with Crippen molar-refractivity contribution in [1.82, 2.24) is 4.98 Å². The van der Waals surface area contributed by atoms with E-state index in [1.165, 1.54) is 49.7 Å². The SMILES string of the molecule is c1ccc2c(c1)-c1ccccc1C21c2cccnc2-c2cccc3cccc1c23. The minimum atomic E-state index is -0.329. The van der Waals surface area contributed by atoms with Crippen molar-refractivity contribution in [1.29, 1.82) is 0 Å². The minimum absolute atomic E-state index is 0.329. The van der Waals surface area contributed by atoms with Gasteiger partial charge in [0.1, 0.15) is 0 Å². The van der Waals surface area contributed by atoms with Gasteiger partial charge in [-0.3, -0.25) is 4.98 Å². The van der Waals surface area contributed by atoms with Crippen LogP contribution in [-0.2, 0) is 5.41 Å². The van der Waals surface area contributed by atoms with Crippen molar-refractivity contribution < 1.29 is 0 Å². The Morgan fingerprint density at radius 2 is 1.07 bits per heavy atom. The number of aromatic nitrogens is 1. The molecule has 1 nitrogen and oxygen atoms in total. The van der Waals surface area contributed by atoms with E-state index in [0.717, 1.165) is 5.69 Å². The largest absolute Gasteiger partial charge is 0.256 e. The third-order valence-electron chi connectivity index (χ3n) is 6.73. The molecule has 0 radical (unpaired) electrons. The Balaban J connectivity index is 1.80. The lowest BCUT2D eigenvalue weighted by Gasteiger charge is -2.39. The Labute approximate surface area is 169 Å². The number of fused-ring (bicyclic) bond motifs is 9. The molecule has 29 heavy (non-hydrogen) atoms. The second-order valence-corrected chi connectivity index (χ2v) is 7.95. The van der Waals surface area contributed by atoms with Gasteiger partial charge in [0.2, 0.25) is 0 Å². The van der Waals surface area contributed by atoms with Crippen LogP contribution in [-0.4, -0.2) is 4.98 Å². The predicted octanol–water partition coefficient (Wildman–Crippen LogP) is 6.58. The highest BCUT2D eigenvalue weighted by atomic mass is 14.7. The predicted molar refractivity (Wildman–Crippen MR) is 118 cm³/mol. The Bertz CT molecular complexity index is 1410. The first-order valence-electron chi connectivity index (χ1n) is 10.1. The topological polar surface area (TPSA) is 12.9 Å². The minimum Gasteiger partial charge on any atom is -0.256 e. The quantitative estimate of drug-likeness (QED) is 0.295. The normalized spacial score (nSPS) is 14.5. The van der Waals surface area contributed by atoms with Crippen molar-refractivity contribution in [3.63, 3.8) is 0 Å².